The normalized spacial score (nSPS) is 15.1. The first-order valence-electron chi connectivity index (χ1n) is 8.68. The first-order chi connectivity index (χ1) is 12.7. The fraction of sp³-hybridized carbons (Fsp3) is 0.238. The quantitative estimate of drug-likeness (QED) is 0.380. The van der Waals surface area contributed by atoms with Gasteiger partial charge in [0.15, 0.2) is 0 Å². The molecule has 1 aliphatic heterocycles. The second kappa shape index (κ2) is 8.68. The number of ether oxygens (including phenoxy) is 1. The Morgan fingerprint density at radius 2 is 1.88 bits per heavy atom. The van der Waals surface area contributed by atoms with Crippen LogP contribution in [-0.2, 0) is 9.63 Å². The van der Waals surface area contributed by atoms with Crippen molar-refractivity contribution in [3.63, 3.8) is 0 Å². The maximum absolute atomic E-state index is 12.2. The molecule has 0 unspecified atom stereocenters. The molecule has 0 bridgehead atoms. The van der Waals surface area contributed by atoms with Gasteiger partial charge in [-0.3, -0.25) is 0 Å². The second-order valence-corrected chi connectivity index (χ2v) is 6.41. The van der Waals surface area contributed by atoms with Crippen LogP contribution in [0.1, 0.15) is 37.3 Å². The Morgan fingerprint density at radius 1 is 1.12 bits per heavy atom. The highest BCUT2D eigenvalue weighted by Crippen LogP contribution is 2.26. The molecule has 0 radical (unpaired) electrons. The van der Waals surface area contributed by atoms with Crippen molar-refractivity contribution >= 4 is 29.4 Å². The maximum Gasteiger partial charge on any atom is 0.368 e. The van der Waals surface area contributed by atoms with Gasteiger partial charge in [0.25, 0.3) is 0 Å². The third kappa shape index (κ3) is 4.33. The van der Waals surface area contributed by atoms with Crippen molar-refractivity contribution in [2.24, 2.45) is 5.16 Å². The minimum atomic E-state index is -0.476. The zero-order chi connectivity index (χ0) is 18.4. The Kier molecular flexibility index (Phi) is 6.08. The Bertz CT molecular complexity index is 841. The molecule has 0 saturated heterocycles. The number of benzene rings is 2. The van der Waals surface area contributed by atoms with Crippen molar-refractivity contribution < 1.29 is 14.4 Å². The van der Waals surface area contributed by atoms with Gasteiger partial charge in [-0.25, -0.2) is 4.79 Å². The molecule has 2 aromatic rings. The molecule has 2 aromatic carbocycles. The summed E-state index contributed by atoms with van der Waals surface area (Å²) < 4.78 is 5.89. The average Bonchev–Trinajstić information content (AvgIpc) is 3.01. The van der Waals surface area contributed by atoms with E-state index in [1.807, 2.05) is 36.4 Å². The van der Waals surface area contributed by atoms with E-state index in [9.17, 15) is 4.79 Å². The summed E-state index contributed by atoms with van der Waals surface area (Å²) in [5.41, 5.74) is 2.48. The Morgan fingerprint density at radius 3 is 2.65 bits per heavy atom. The topological polar surface area (TPSA) is 47.9 Å². The van der Waals surface area contributed by atoms with Gasteiger partial charge in [0.1, 0.15) is 11.5 Å². The number of carbonyl (C=O) groups excluding carboxylic acids is 1. The van der Waals surface area contributed by atoms with Crippen LogP contribution >= 0.6 is 11.6 Å². The summed E-state index contributed by atoms with van der Waals surface area (Å²) in [5, 5.41) is 4.55. The number of halogens is 1. The monoisotopic (exact) mass is 369 g/mol. The third-order valence-electron chi connectivity index (χ3n) is 4.04. The van der Waals surface area contributed by atoms with E-state index in [-0.39, 0.29) is 0 Å². The summed E-state index contributed by atoms with van der Waals surface area (Å²) in [4.78, 5) is 17.1. The summed E-state index contributed by atoms with van der Waals surface area (Å²) in [6, 6.07) is 14.8. The third-order valence-corrected chi connectivity index (χ3v) is 4.29. The summed E-state index contributed by atoms with van der Waals surface area (Å²) >= 11 is 5.94. The van der Waals surface area contributed by atoms with Crippen LogP contribution in [0.2, 0.25) is 5.02 Å². The van der Waals surface area contributed by atoms with Crippen molar-refractivity contribution in [2.75, 3.05) is 6.61 Å². The lowest BCUT2D eigenvalue weighted by Crippen LogP contribution is -2.07. The number of rotatable bonds is 7. The van der Waals surface area contributed by atoms with Gasteiger partial charge in [0.05, 0.1) is 12.2 Å². The van der Waals surface area contributed by atoms with Gasteiger partial charge >= 0.3 is 5.97 Å². The summed E-state index contributed by atoms with van der Waals surface area (Å²) in [5.74, 6) is 0.266. The predicted octanol–water partition coefficient (Wildman–Crippen LogP) is 5.25. The molecule has 1 aliphatic rings. The van der Waals surface area contributed by atoms with E-state index < -0.39 is 5.97 Å². The zero-order valence-electron chi connectivity index (χ0n) is 14.6. The summed E-state index contributed by atoms with van der Waals surface area (Å²) in [6.07, 6.45) is 5.03. The number of nitrogens with zero attached hydrogens (tertiary/aromatic N) is 1. The van der Waals surface area contributed by atoms with E-state index in [0.717, 1.165) is 36.1 Å². The molecule has 0 atom stereocenters. The van der Waals surface area contributed by atoms with E-state index >= 15 is 0 Å². The minimum Gasteiger partial charge on any atom is -0.493 e. The molecule has 134 valence electrons. The van der Waals surface area contributed by atoms with Gasteiger partial charge in [0.2, 0.25) is 0 Å². The Balaban J connectivity index is 1.87. The number of para-hydroxylation sites is 1. The maximum atomic E-state index is 12.2. The smallest absolute Gasteiger partial charge is 0.368 e. The van der Waals surface area contributed by atoms with Crippen LogP contribution in [0.5, 0.6) is 5.75 Å². The molecule has 0 saturated carbocycles. The molecule has 0 spiro atoms. The van der Waals surface area contributed by atoms with E-state index in [1.54, 1.807) is 18.2 Å². The van der Waals surface area contributed by atoms with Gasteiger partial charge in [-0.05, 0) is 30.7 Å². The van der Waals surface area contributed by atoms with E-state index in [1.165, 1.54) is 0 Å². The zero-order valence-corrected chi connectivity index (χ0v) is 15.3. The summed E-state index contributed by atoms with van der Waals surface area (Å²) in [7, 11) is 0. The highest BCUT2D eigenvalue weighted by molar-refractivity contribution is 6.32. The van der Waals surface area contributed by atoms with E-state index in [2.05, 4.69) is 12.1 Å². The van der Waals surface area contributed by atoms with Gasteiger partial charge in [-0.2, -0.15) is 0 Å². The number of hydrogen-bond acceptors (Lipinski definition) is 4. The van der Waals surface area contributed by atoms with Crippen molar-refractivity contribution in [2.45, 2.75) is 26.2 Å². The van der Waals surface area contributed by atoms with Gasteiger partial charge in [0, 0.05) is 16.1 Å². The minimum absolute atomic E-state index is 0.400. The lowest BCUT2D eigenvalue weighted by Gasteiger charge is -2.09. The second-order valence-electron chi connectivity index (χ2n) is 5.98. The Hall–Kier alpha value is -2.59. The van der Waals surface area contributed by atoms with Crippen LogP contribution in [0.3, 0.4) is 0 Å². The van der Waals surface area contributed by atoms with Crippen LogP contribution < -0.4 is 4.74 Å². The standard InChI is InChI=1S/C21H20ClNO3/c1-2-3-6-13-25-19-8-5-4-7-16(19)14-18-20(23-26-21(18)24)15-9-11-17(22)12-10-15/h4-5,7-12,14H,2-3,6,13H2,1H3/b18-14+. The molecule has 26 heavy (non-hydrogen) atoms. The van der Waals surface area contributed by atoms with E-state index in [0.29, 0.717) is 22.9 Å². The molecule has 0 N–H and O–H groups in total. The molecule has 0 aliphatic carbocycles. The molecular formula is C21H20ClNO3. The fourth-order valence-corrected chi connectivity index (χ4v) is 2.77. The average molecular weight is 370 g/mol. The van der Waals surface area contributed by atoms with Crippen molar-refractivity contribution in [3.8, 4) is 5.75 Å². The van der Waals surface area contributed by atoms with Crippen LogP contribution in [-0.4, -0.2) is 18.3 Å². The van der Waals surface area contributed by atoms with Gasteiger partial charge in [-0.1, -0.05) is 66.9 Å². The van der Waals surface area contributed by atoms with Crippen LogP contribution in [0.25, 0.3) is 6.08 Å². The molecular weight excluding hydrogens is 350 g/mol. The molecule has 1 heterocycles. The lowest BCUT2D eigenvalue weighted by molar-refractivity contribution is -0.136. The largest absolute Gasteiger partial charge is 0.493 e. The van der Waals surface area contributed by atoms with Crippen molar-refractivity contribution in [1.29, 1.82) is 0 Å². The molecule has 0 aromatic heterocycles. The molecule has 4 nitrogen and oxygen atoms in total. The molecule has 0 amide bonds. The van der Waals surface area contributed by atoms with E-state index in [4.69, 9.17) is 21.2 Å². The number of carbonyl (C=O) groups is 1. The molecule has 5 heteroatoms. The van der Waals surface area contributed by atoms with Crippen LogP contribution in [0, 0.1) is 0 Å². The predicted molar refractivity (Wildman–Crippen MR) is 104 cm³/mol. The fourth-order valence-electron chi connectivity index (χ4n) is 2.65. The molecule has 0 fully saturated rings. The first kappa shape index (κ1) is 18.2. The van der Waals surface area contributed by atoms with Crippen LogP contribution in [0.4, 0.5) is 0 Å². The lowest BCUT2D eigenvalue weighted by atomic mass is 10.0. The van der Waals surface area contributed by atoms with Crippen LogP contribution in [0.15, 0.2) is 59.3 Å². The van der Waals surface area contributed by atoms with Gasteiger partial charge in [-0.15, -0.1) is 0 Å². The van der Waals surface area contributed by atoms with Crippen molar-refractivity contribution in [1.82, 2.24) is 0 Å². The number of hydrogen-bond donors (Lipinski definition) is 0. The van der Waals surface area contributed by atoms with Gasteiger partial charge < -0.3 is 9.57 Å². The first-order valence-corrected chi connectivity index (χ1v) is 9.06. The Labute approximate surface area is 158 Å². The highest BCUT2D eigenvalue weighted by atomic mass is 35.5. The van der Waals surface area contributed by atoms with Crippen molar-refractivity contribution in [3.05, 3.63) is 70.3 Å². The summed E-state index contributed by atoms with van der Waals surface area (Å²) in [6.45, 7) is 2.80. The SMILES string of the molecule is CCCCCOc1ccccc1/C=C1/C(=O)ON=C1c1ccc(Cl)cc1. The highest BCUT2D eigenvalue weighted by Gasteiger charge is 2.27. The number of unbranched alkanes of at least 4 members (excludes halogenated alkanes) is 2. The molecule has 3 rings (SSSR count). The number of oxime groups is 1.